The van der Waals surface area contributed by atoms with Crippen molar-refractivity contribution in [2.45, 2.75) is 26.4 Å². The fourth-order valence-corrected chi connectivity index (χ4v) is 1.56. The molecule has 5 nitrogen and oxygen atoms in total. The predicted molar refractivity (Wildman–Crippen MR) is 65.9 cm³/mol. The minimum Gasteiger partial charge on any atom is -0.373 e. The Kier molecular flexibility index (Phi) is 7.16. The highest BCUT2D eigenvalue weighted by Crippen LogP contribution is 1.97. The van der Waals surface area contributed by atoms with Gasteiger partial charge in [0.1, 0.15) is 6.61 Å². The van der Waals surface area contributed by atoms with Gasteiger partial charge >= 0.3 is 0 Å². The van der Waals surface area contributed by atoms with Crippen LogP contribution in [0.5, 0.6) is 0 Å². The van der Waals surface area contributed by atoms with Crippen molar-refractivity contribution < 1.29 is 14.3 Å². The van der Waals surface area contributed by atoms with Crippen LogP contribution < -0.4 is 10.6 Å². The van der Waals surface area contributed by atoms with Crippen LogP contribution in [0, 0.1) is 5.92 Å². The zero-order valence-electron chi connectivity index (χ0n) is 10.8. The Balaban J connectivity index is 1.95. The van der Waals surface area contributed by atoms with Crippen molar-refractivity contribution in [2.75, 3.05) is 39.5 Å². The maximum atomic E-state index is 11.4. The number of nitrogens with one attached hydrogen (secondary N) is 2. The highest BCUT2D eigenvalue weighted by molar-refractivity contribution is 5.77. The summed E-state index contributed by atoms with van der Waals surface area (Å²) in [5, 5.41) is 6.05. The molecule has 1 fully saturated rings. The number of carbonyl (C=O) groups is 1. The molecule has 0 aromatic carbocycles. The standard InChI is InChI=1S/C12H24N2O3/c1-10(2)3-4-14-12(15)9-16-8-11-7-13-5-6-17-11/h10-11,13H,3-9H2,1-2H3,(H,14,15). The summed E-state index contributed by atoms with van der Waals surface area (Å²) in [7, 11) is 0. The Bertz CT molecular complexity index is 216. The van der Waals surface area contributed by atoms with Crippen LogP contribution in [0.3, 0.4) is 0 Å². The summed E-state index contributed by atoms with van der Waals surface area (Å²) in [6.07, 6.45) is 1.08. The third kappa shape index (κ3) is 7.31. The number of morpholine rings is 1. The first-order valence-electron chi connectivity index (χ1n) is 6.35. The second-order valence-electron chi connectivity index (χ2n) is 4.74. The molecule has 0 aromatic rings. The summed E-state index contributed by atoms with van der Waals surface area (Å²) in [5.41, 5.74) is 0. The summed E-state index contributed by atoms with van der Waals surface area (Å²) in [6, 6.07) is 0. The highest BCUT2D eigenvalue weighted by atomic mass is 16.5. The quantitative estimate of drug-likeness (QED) is 0.669. The number of hydrogen-bond acceptors (Lipinski definition) is 4. The molecule has 1 unspecified atom stereocenters. The molecular weight excluding hydrogens is 220 g/mol. The number of amides is 1. The fraction of sp³-hybridized carbons (Fsp3) is 0.917. The van der Waals surface area contributed by atoms with Crippen molar-refractivity contribution in [1.82, 2.24) is 10.6 Å². The van der Waals surface area contributed by atoms with Gasteiger partial charge in [0.05, 0.1) is 19.3 Å². The summed E-state index contributed by atoms with van der Waals surface area (Å²) in [6.45, 7) is 8.01. The molecule has 1 saturated heterocycles. The molecule has 0 bridgehead atoms. The Morgan fingerprint density at radius 3 is 3.06 bits per heavy atom. The van der Waals surface area contributed by atoms with Crippen LogP contribution in [0.15, 0.2) is 0 Å². The van der Waals surface area contributed by atoms with Gasteiger partial charge in [0.25, 0.3) is 0 Å². The number of hydrogen-bond donors (Lipinski definition) is 2. The van der Waals surface area contributed by atoms with Gasteiger partial charge in [-0.15, -0.1) is 0 Å². The van der Waals surface area contributed by atoms with Gasteiger partial charge in [-0.05, 0) is 12.3 Å². The third-order valence-electron chi connectivity index (χ3n) is 2.59. The first-order chi connectivity index (χ1) is 8.18. The average molecular weight is 244 g/mol. The molecule has 2 N–H and O–H groups in total. The number of rotatable bonds is 7. The molecule has 100 valence electrons. The van der Waals surface area contributed by atoms with Crippen molar-refractivity contribution >= 4 is 5.91 Å². The lowest BCUT2D eigenvalue weighted by Gasteiger charge is -2.23. The highest BCUT2D eigenvalue weighted by Gasteiger charge is 2.13. The summed E-state index contributed by atoms with van der Waals surface area (Å²) >= 11 is 0. The van der Waals surface area contributed by atoms with Crippen LogP contribution in [0.2, 0.25) is 0 Å². The molecule has 1 aliphatic heterocycles. The Hall–Kier alpha value is -0.650. The summed E-state index contributed by atoms with van der Waals surface area (Å²) < 4.78 is 10.8. The van der Waals surface area contributed by atoms with E-state index in [1.165, 1.54) is 0 Å². The first-order valence-corrected chi connectivity index (χ1v) is 6.35. The molecule has 5 heteroatoms. The van der Waals surface area contributed by atoms with E-state index in [-0.39, 0.29) is 18.6 Å². The molecule has 17 heavy (non-hydrogen) atoms. The molecule has 0 spiro atoms. The molecule has 1 heterocycles. The molecular formula is C12H24N2O3. The zero-order valence-corrected chi connectivity index (χ0v) is 10.8. The molecule has 0 aromatic heterocycles. The maximum absolute atomic E-state index is 11.4. The third-order valence-corrected chi connectivity index (χ3v) is 2.59. The van der Waals surface area contributed by atoms with Crippen LogP contribution in [-0.4, -0.2) is 51.5 Å². The normalized spacial score (nSPS) is 20.5. The minimum atomic E-state index is -0.0468. The van der Waals surface area contributed by atoms with E-state index in [1.807, 2.05) is 0 Å². The summed E-state index contributed by atoms with van der Waals surface area (Å²) in [5.74, 6) is 0.562. The van der Waals surface area contributed by atoms with Gasteiger partial charge in [0.15, 0.2) is 0 Å². The summed E-state index contributed by atoms with van der Waals surface area (Å²) in [4.78, 5) is 11.4. The Morgan fingerprint density at radius 1 is 1.59 bits per heavy atom. The van der Waals surface area contributed by atoms with Crippen molar-refractivity contribution in [2.24, 2.45) is 5.92 Å². The fourth-order valence-electron chi connectivity index (χ4n) is 1.56. The van der Waals surface area contributed by atoms with Crippen LogP contribution in [0.1, 0.15) is 20.3 Å². The topological polar surface area (TPSA) is 59.6 Å². The maximum Gasteiger partial charge on any atom is 0.245 e. The van der Waals surface area contributed by atoms with Crippen molar-refractivity contribution in [3.63, 3.8) is 0 Å². The SMILES string of the molecule is CC(C)CCNC(=O)COCC1CNCCO1. The van der Waals surface area contributed by atoms with Gasteiger partial charge < -0.3 is 20.1 Å². The van der Waals surface area contributed by atoms with E-state index in [2.05, 4.69) is 24.5 Å². The second kappa shape index (κ2) is 8.44. The van der Waals surface area contributed by atoms with Gasteiger partial charge in [-0.1, -0.05) is 13.8 Å². The molecule has 0 aliphatic carbocycles. The van der Waals surface area contributed by atoms with Crippen LogP contribution >= 0.6 is 0 Å². The predicted octanol–water partition coefficient (Wildman–Crippen LogP) is 0.154. The Morgan fingerprint density at radius 2 is 2.41 bits per heavy atom. The smallest absolute Gasteiger partial charge is 0.245 e. The molecule has 0 saturated carbocycles. The van der Waals surface area contributed by atoms with E-state index in [9.17, 15) is 4.79 Å². The van der Waals surface area contributed by atoms with E-state index in [4.69, 9.17) is 9.47 Å². The van der Waals surface area contributed by atoms with Crippen molar-refractivity contribution in [3.8, 4) is 0 Å². The Labute approximate surface area is 103 Å². The van der Waals surface area contributed by atoms with E-state index >= 15 is 0 Å². The largest absolute Gasteiger partial charge is 0.373 e. The van der Waals surface area contributed by atoms with Crippen LogP contribution in [-0.2, 0) is 14.3 Å². The van der Waals surface area contributed by atoms with Crippen molar-refractivity contribution in [3.05, 3.63) is 0 Å². The van der Waals surface area contributed by atoms with E-state index in [1.54, 1.807) is 0 Å². The lowest BCUT2D eigenvalue weighted by atomic mass is 10.1. The zero-order chi connectivity index (χ0) is 12.5. The van der Waals surface area contributed by atoms with E-state index in [0.717, 1.165) is 26.1 Å². The minimum absolute atomic E-state index is 0.0468. The molecule has 0 radical (unpaired) electrons. The molecule has 1 amide bonds. The van der Waals surface area contributed by atoms with Gasteiger partial charge in [0.2, 0.25) is 5.91 Å². The average Bonchev–Trinajstić information content (AvgIpc) is 2.30. The second-order valence-corrected chi connectivity index (χ2v) is 4.74. The lowest BCUT2D eigenvalue weighted by molar-refractivity contribution is -0.127. The number of ether oxygens (including phenoxy) is 2. The van der Waals surface area contributed by atoms with Crippen LogP contribution in [0.4, 0.5) is 0 Å². The number of carbonyl (C=O) groups excluding carboxylic acids is 1. The molecule has 1 rings (SSSR count). The monoisotopic (exact) mass is 244 g/mol. The molecule has 1 atom stereocenters. The van der Waals surface area contributed by atoms with Gasteiger partial charge in [-0.2, -0.15) is 0 Å². The van der Waals surface area contributed by atoms with E-state index in [0.29, 0.717) is 19.1 Å². The van der Waals surface area contributed by atoms with E-state index < -0.39 is 0 Å². The van der Waals surface area contributed by atoms with Gasteiger partial charge in [-0.25, -0.2) is 0 Å². The molecule has 1 aliphatic rings. The first kappa shape index (κ1) is 14.4. The van der Waals surface area contributed by atoms with Gasteiger partial charge in [-0.3, -0.25) is 4.79 Å². The van der Waals surface area contributed by atoms with Crippen molar-refractivity contribution in [1.29, 1.82) is 0 Å². The van der Waals surface area contributed by atoms with Crippen LogP contribution in [0.25, 0.3) is 0 Å². The van der Waals surface area contributed by atoms with Gasteiger partial charge in [0, 0.05) is 19.6 Å². The lowest BCUT2D eigenvalue weighted by Crippen LogP contribution is -2.41.